The first-order valence-corrected chi connectivity index (χ1v) is 8.28. The highest BCUT2D eigenvalue weighted by Gasteiger charge is 2.27. The molecule has 2 heterocycles. The number of Topliss-reactive ketones (excluding diaryl/α,β-unsaturated/α-hetero) is 1. The number of carbonyl (C=O) groups excluding carboxylic acids is 1. The highest BCUT2D eigenvalue weighted by molar-refractivity contribution is 6.10. The molecule has 2 N–H and O–H groups in total. The second-order valence-electron chi connectivity index (χ2n) is 6.17. The first-order chi connectivity index (χ1) is 12.2. The number of hydrogen-bond donors (Lipinski definition) is 2. The second kappa shape index (κ2) is 6.18. The molecule has 126 valence electrons. The van der Waals surface area contributed by atoms with E-state index in [4.69, 9.17) is 4.42 Å². The van der Waals surface area contributed by atoms with E-state index < -0.39 is 11.2 Å². The predicted octanol–water partition coefficient (Wildman–Crippen LogP) is 3.10. The lowest BCUT2D eigenvalue weighted by Crippen LogP contribution is -2.31. The molecule has 1 aromatic heterocycles. The zero-order valence-corrected chi connectivity index (χ0v) is 13.5. The molecule has 1 fully saturated rings. The van der Waals surface area contributed by atoms with Crippen LogP contribution in [0.1, 0.15) is 23.2 Å². The first kappa shape index (κ1) is 15.6. The predicted molar refractivity (Wildman–Crippen MR) is 94.9 cm³/mol. The van der Waals surface area contributed by atoms with Gasteiger partial charge in [0.05, 0.1) is 11.4 Å². The normalized spacial score (nSPS) is 17.0. The summed E-state index contributed by atoms with van der Waals surface area (Å²) in [4.78, 5) is 25.5. The van der Waals surface area contributed by atoms with Gasteiger partial charge in [-0.05, 0) is 25.5 Å². The molecule has 1 aliphatic rings. The fourth-order valence-corrected chi connectivity index (χ4v) is 3.32. The molecule has 1 atom stereocenters. The molecular formula is C20H17NO4. The summed E-state index contributed by atoms with van der Waals surface area (Å²) in [6.07, 6.45) is 1.67. The van der Waals surface area contributed by atoms with Crippen molar-refractivity contribution >= 4 is 16.8 Å². The molecule has 5 heteroatoms. The van der Waals surface area contributed by atoms with Gasteiger partial charge < -0.3 is 14.8 Å². The maximum atomic E-state index is 12.8. The summed E-state index contributed by atoms with van der Waals surface area (Å²) in [5.41, 5.74) is 0.612. The third kappa shape index (κ3) is 2.62. The van der Waals surface area contributed by atoms with Crippen molar-refractivity contribution in [2.24, 2.45) is 0 Å². The topological polar surface area (TPSA) is 79.5 Å². The smallest absolute Gasteiger partial charge is 0.235 e. The van der Waals surface area contributed by atoms with Crippen LogP contribution in [0.4, 0.5) is 0 Å². The van der Waals surface area contributed by atoms with Gasteiger partial charge in [0.1, 0.15) is 5.58 Å². The summed E-state index contributed by atoms with van der Waals surface area (Å²) >= 11 is 0. The fourth-order valence-electron chi connectivity index (χ4n) is 3.32. The SMILES string of the molecule is O=C(c1cccc2oc(-c3ccccc3)c(O)c(=O)c12)[C@@H]1CCCN1. The molecule has 5 nitrogen and oxygen atoms in total. The van der Waals surface area contributed by atoms with Crippen LogP contribution >= 0.6 is 0 Å². The van der Waals surface area contributed by atoms with Crippen LogP contribution in [0, 0.1) is 0 Å². The molecule has 0 radical (unpaired) electrons. The summed E-state index contributed by atoms with van der Waals surface area (Å²) in [6, 6.07) is 13.6. The van der Waals surface area contributed by atoms with Gasteiger partial charge in [-0.15, -0.1) is 0 Å². The van der Waals surface area contributed by atoms with E-state index in [9.17, 15) is 14.7 Å². The minimum Gasteiger partial charge on any atom is -0.502 e. The maximum absolute atomic E-state index is 12.8. The molecule has 0 unspecified atom stereocenters. The lowest BCUT2D eigenvalue weighted by molar-refractivity contribution is 0.0954. The molecule has 0 saturated carbocycles. The number of aromatic hydroxyl groups is 1. The van der Waals surface area contributed by atoms with E-state index in [2.05, 4.69) is 5.32 Å². The van der Waals surface area contributed by atoms with Crippen LogP contribution in [0.25, 0.3) is 22.3 Å². The minimum absolute atomic E-state index is 0.113. The van der Waals surface area contributed by atoms with Crippen LogP contribution in [0.2, 0.25) is 0 Å². The van der Waals surface area contributed by atoms with Gasteiger partial charge in [0, 0.05) is 11.1 Å². The Morgan fingerprint density at radius 1 is 1.12 bits per heavy atom. The van der Waals surface area contributed by atoms with Crippen molar-refractivity contribution in [1.29, 1.82) is 0 Å². The Hall–Kier alpha value is -2.92. The average molecular weight is 335 g/mol. The van der Waals surface area contributed by atoms with Crippen LogP contribution in [0.3, 0.4) is 0 Å². The number of rotatable bonds is 3. The second-order valence-corrected chi connectivity index (χ2v) is 6.17. The maximum Gasteiger partial charge on any atom is 0.235 e. The Balaban J connectivity index is 1.92. The van der Waals surface area contributed by atoms with Crippen molar-refractivity contribution < 1.29 is 14.3 Å². The van der Waals surface area contributed by atoms with Crippen LogP contribution in [0.5, 0.6) is 5.75 Å². The first-order valence-electron chi connectivity index (χ1n) is 8.28. The number of benzene rings is 2. The van der Waals surface area contributed by atoms with Crippen LogP contribution in [-0.2, 0) is 0 Å². The zero-order chi connectivity index (χ0) is 17.4. The molecule has 1 aliphatic heterocycles. The van der Waals surface area contributed by atoms with E-state index >= 15 is 0 Å². The van der Waals surface area contributed by atoms with Gasteiger partial charge >= 0.3 is 0 Å². The zero-order valence-electron chi connectivity index (χ0n) is 13.5. The van der Waals surface area contributed by atoms with Crippen molar-refractivity contribution in [3.63, 3.8) is 0 Å². The summed E-state index contributed by atoms with van der Waals surface area (Å²) in [6.45, 7) is 0.791. The molecule has 4 rings (SSSR count). The van der Waals surface area contributed by atoms with E-state index in [0.717, 1.165) is 19.4 Å². The molecule has 0 bridgehead atoms. The van der Waals surface area contributed by atoms with E-state index in [1.54, 1.807) is 42.5 Å². The highest BCUT2D eigenvalue weighted by Crippen LogP contribution is 2.31. The molecule has 3 aromatic rings. The van der Waals surface area contributed by atoms with Crippen molar-refractivity contribution in [2.75, 3.05) is 6.54 Å². The van der Waals surface area contributed by atoms with Gasteiger partial charge in [0.15, 0.2) is 11.5 Å². The Bertz CT molecular complexity index is 1000. The Morgan fingerprint density at radius 3 is 2.64 bits per heavy atom. The van der Waals surface area contributed by atoms with E-state index in [0.29, 0.717) is 16.7 Å². The molecular weight excluding hydrogens is 318 g/mol. The highest BCUT2D eigenvalue weighted by atomic mass is 16.4. The largest absolute Gasteiger partial charge is 0.502 e. The average Bonchev–Trinajstić information content (AvgIpc) is 3.19. The fraction of sp³-hybridized carbons (Fsp3) is 0.200. The van der Waals surface area contributed by atoms with Crippen molar-refractivity contribution in [1.82, 2.24) is 5.32 Å². The van der Waals surface area contributed by atoms with Gasteiger partial charge in [-0.1, -0.05) is 42.5 Å². The third-order valence-electron chi connectivity index (χ3n) is 4.57. The van der Waals surface area contributed by atoms with Gasteiger partial charge in [-0.2, -0.15) is 0 Å². The third-order valence-corrected chi connectivity index (χ3v) is 4.57. The van der Waals surface area contributed by atoms with Crippen LogP contribution in [-0.4, -0.2) is 23.5 Å². The lowest BCUT2D eigenvalue weighted by Gasteiger charge is -2.12. The number of nitrogens with one attached hydrogen (secondary N) is 1. The summed E-state index contributed by atoms with van der Waals surface area (Å²) < 4.78 is 5.79. The number of hydrogen-bond acceptors (Lipinski definition) is 5. The van der Waals surface area contributed by atoms with Gasteiger partial charge in [0.25, 0.3) is 0 Å². The van der Waals surface area contributed by atoms with Crippen LogP contribution in [0.15, 0.2) is 57.7 Å². The van der Waals surface area contributed by atoms with Crippen molar-refractivity contribution in [3.8, 4) is 17.1 Å². The molecule has 0 amide bonds. The summed E-state index contributed by atoms with van der Waals surface area (Å²) in [5.74, 6) is -0.498. The Kier molecular flexibility index (Phi) is 3.86. The molecule has 25 heavy (non-hydrogen) atoms. The van der Waals surface area contributed by atoms with Crippen molar-refractivity contribution in [3.05, 3.63) is 64.3 Å². The molecule has 0 aliphatic carbocycles. The lowest BCUT2D eigenvalue weighted by atomic mass is 9.98. The van der Waals surface area contributed by atoms with E-state index in [1.165, 1.54) is 0 Å². The number of ketones is 1. The number of fused-ring (bicyclic) bond motifs is 1. The monoisotopic (exact) mass is 335 g/mol. The minimum atomic E-state index is -0.581. The molecule has 0 spiro atoms. The Labute approximate surface area is 143 Å². The number of carbonyl (C=O) groups is 1. The van der Waals surface area contributed by atoms with Crippen molar-refractivity contribution in [2.45, 2.75) is 18.9 Å². The van der Waals surface area contributed by atoms with Gasteiger partial charge in [-0.3, -0.25) is 9.59 Å². The molecule has 2 aromatic carbocycles. The van der Waals surface area contributed by atoms with E-state index in [1.807, 2.05) is 6.07 Å². The molecule has 1 saturated heterocycles. The standard InChI is InChI=1S/C20H17NO4/c22-17(14-9-5-11-21-14)13-8-4-10-15-16(13)18(23)19(24)20(25-15)12-6-2-1-3-7-12/h1-4,6-8,10,14,21,24H,5,9,11H2/t14-/m0/s1. The van der Waals surface area contributed by atoms with Gasteiger partial charge in [-0.25, -0.2) is 0 Å². The van der Waals surface area contributed by atoms with Crippen LogP contribution < -0.4 is 10.7 Å². The Morgan fingerprint density at radius 2 is 1.92 bits per heavy atom. The van der Waals surface area contributed by atoms with Gasteiger partial charge in [0.2, 0.25) is 11.2 Å². The van der Waals surface area contributed by atoms with E-state index in [-0.39, 0.29) is 23.0 Å². The summed E-state index contributed by atoms with van der Waals surface area (Å²) in [5, 5.41) is 13.7. The summed E-state index contributed by atoms with van der Waals surface area (Å²) in [7, 11) is 0. The quantitative estimate of drug-likeness (QED) is 0.719.